The van der Waals surface area contributed by atoms with Gasteiger partial charge in [-0.3, -0.25) is 15.3 Å². The lowest BCUT2D eigenvalue weighted by Crippen LogP contribution is -2.49. The lowest BCUT2D eigenvalue weighted by molar-refractivity contribution is -0.0805. The normalized spacial score (nSPS) is 24.3. The second kappa shape index (κ2) is 6.10. The third-order valence-corrected chi connectivity index (χ3v) is 3.36. The van der Waals surface area contributed by atoms with Crippen LogP contribution in [0.4, 0.5) is 0 Å². The van der Waals surface area contributed by atoms with Gasteiger partial charge < -0.3 is 15.6 Å². The van der Waals surface area contributed by atoms with E-state index in [2.05, 4.69) is 16.8 Å². The first kappa shape index (κ1) is 13.9. The van der Waals surface area contributed by atoms with Gasteiger partial charge in [0, 0.05) is 25.3 Å². The highest BCUT2D eigenvalue weighted by atomic mass is 16.5. The van der Waals surface area contributed by atoms with Crippen molar-refractivity contribution in [2.24, 2.45) is 5.73 Å². The molecule has 0 aliphatic carbocycles. The number of nitrogens with zero attached hydrogens (tertiary/aromatic N) is 2. The van der Waals surface area contributed by atoms with Crippen LogP contribution in [0.1, 0.15) is 18.2 Å². The van der Waals surface area contributed by atoms with Crippen LogP contribution < -0.4 is 5.73 Å². The quantitative estimate of drug-likeness (QED) is 0.523. The van der Waals surface area contributed by atoms with Crippen LogP contribution in [0.3, 0.4) is 0 Å². The molecule has 1 aromatic rings. The summed E-state index contributed by atoms with van der Waals surface area (Å²) >= 11 is 0. The van der Waals surface area contributed by atoms with E-state index < -0.39 is 0 Å². The minimum Gasteiger partial charge on any atom is -0.394 e. The van der Waals surface area contributed by atoms with E-state index in [1.807, 2.05) is 12.1 Å². The van der Waals surface area contributed by atoms with E-state index in [4.69, 9.17) is 15.9 Å². The molecule has 1 fully saturated rings. The maximum absolute atomic E-state index is 9.19. The molecule has 6 nitrogen and oxygen atoms in total. The molecule has 104 valence electrons. The Bertz CT molecular complexity index is 452. The molecule has 0 radical (unpaired) electrons. The molecular formula is C13H20N4O2. The van der Waals surface area contributed by atoms with Crippen LogP contribution in [0.15, 0.2) is 18.3 Å². The molecule has 6 heteroatoms. The molecule has 0 aromatic carbocycles. The van der Waals surface area contributed by atoms with Gasteiger partial charge in [0.2, 0.25) is 0 Å². The fraction of sp³-hybridized carbons (Fsp3) is 0.538. The SMILES string of the molecule is CC1COC(CO)CN1Cc1cccnc1C(=N)N. The van der Waals surface area contributed by atoms with Crippen molar-refractivity contribution in [1.29, 1.82) is 5.41 Å². The van der Waals surface area contributed by atoms with Crippen molar-refractivity contribution in [2.45, 2.75) is 25.6 Å². The summed E-state index contributed by atoms with van der Waals surface area (Å²) < 4.78 is 5.51. The maximum atomic E-state index is 9.19. The number of morpholine rings is 1. The minimum atomic E-state index is -0.145. The van der Waals surface area contributed by atoms with E-state index in [1.165, 1.54) is 0 Å². The first-order valence-electron chi connectivity index (χ1n) is 6.36. The summed E-state index contributed by atoms with van der Waals surface area (Å²) in [7, 11) is 0. The van der Waals surface area contributed by atoms with Crippen LogP contribution in [0.2, 0.25) is 0 Å². The molecule has 2 atom stereocenters. The van der Waals surface area contributed by atoms with Crippen molar-refractivity contribution in [3.8, 4) is 0 Å². The molecule has 1 aliphatic heterocycles. The molecule has 2 heterocycles. The predicted molar refractivity (Wildman–Crippen MR) is 72.0 cm³/mol. The lowest BCUT2D eigenvalue weighted by atomic mass is 10.1. The Labute approximate surface area is 112 Å². The number of amidine groups is 1. The standard InChI is InChI=1S/C13H20N4O2/c1-9-8-19-11(7-18)6-17(9)5-10-3-2-4-16-12(10)13(14)15/h2-4,9,11,18H,5-8H2,1H3,(H3,14,15). The van der Waals surface area contributed by atoms with Crippen molar-refractivity contribution < 1.29 is 9.84 Å². The molecule has 1 aliphatic rings. The van der Waals surface area contributed by atoms with Crippen LogP contribution in [-0.4, -0.2) is 52.7 Å². The first-order chi connectivity index (χ1) is 9.11. The van der Waals surface area contributed by atoms with Gasteiger partial charge in [-0.05, 0) is 18.6 Å². The van der Waals surface area contributed by atoms with Crippen molar-refractivity contribution in [3.63, 3.8) is 0 Å². The van der Waals surface area contributed by atoms with Gasteiger partial charge in [-0.25, -0.2) is 0 Å². The number of pyridine rings is 1. The number of aliphatic hydroxyl groups excluding tert-OH is 1. The Hall–Kier alpha value is -1.50. The van der Waals surface area contributed by atoms with Gasteiger partial charge in [-0.1, -0.05) is 6.07 Å². The van der Waals surface area contributed by atoms with Crippen molar-refractivity contribution >= 4 is 5.84 Å². The maximum Gasteiger partial charge on any atom is 0.142 e. The van der Waals surface area contributed by atoms with Crippen molar-refractivity contribution in [1.82, 2.24) is 9.88 Å². The Morgan fingerprint density at radius 2 is 2.47 bits per heavy atom. The fourth-order valence-electron chi connectivity index (χ4n) is 2.23. The van der Waals surface area contributed by atoms with Gasteiger partial charge in [0.05, 0.1) is 19.3 Å². The molecule has 0 amide bonds. The number of hydrogen-bond acceptors (Lipinski definition) is 5. The Balaban J connectivity index is 2.13. The van der Waals surface area contributed by atoms with Gasteiger partial charge in [-0.15, -0.1) is 0 Å². The molecule has 0 bridgehead atoms. The van der Waals surface area contributed by atoms with Gasteiger partial charge in [0.1, 0.15) is 11.5 Å². The van der Waals surface area contributed by atoms with E-state index in [-0.39, 0.29) is 24.6 Å². The predicted octanol–water partition coefficient (Wildman–Crippen LogP) is -0.0527. The van der Waals surface area contributed by atoms with Crippen molar-refractivity contribution in [3.05, 3.63) is 29.6 Å². The highest BCUT2D eigenvalue weighted by molar-refractivity contribution is 5.94. The third kappa shape index (κ3) is 3.28. The summed E-state index contributed by atoms with van der Waals surface area (Å²) in [6.07, 6.45) is 1.49. The highest BCUT2D eigenvalue weighted by Gasteiger charge is 2.26. The van der Waals surface area contributed by atoms with Crippen LogP contribution in [0.25, 0.3) is 0 Å². The van der Waals surface area contributed by atoms with Gasteiger partial charge in [0.25, 0.3) is 0 Å². The number of aliphatic hydroxyl groups is 1. The van der Waals surface area contributed by atoms with E-state index in [0.717, 1.165) is 5.56 Å². The smallest absolute Gasteiger partial charge is 0.142 e. The summed E-state index contributed by atoms with van der Waals surface area (Å²) in [6, 6.07) is 4.04. The molecular weight excluding hydrogens is 244 g/mol. The number of hydrogen-bond donors (Lipinski definition) is 3. The zero-order valence-electron chi connectivity index (χ0n) is 11.0. The van der Waals surface area contributed by atoms with E-state index >= 15 is 0 Å². The number of aromatic nitrogens is 1. The molecule has 1 aromatic heterocycles. The average Bonchev–Trinajstić information content (AvgIpc) is 2.41. The van der Waals surface area contributed by atoms with Gasteiger partial charge >= 0.3 is 0 Å². The van der Waals surface area contributed by atoms with E-state index in [0.29, 0.717) is 25.4 Å². The molecule has 4 N–H and O–H groups in total. The zero-order chi connectivity index (χ0) is 13.8. The van der Waals surface area contributed by atoms with E-state index in [1.54, 1.807) is 6.20 Å². The highest BCUT2D eigenvalue weighted by Crippen LogP contribution is 2.16. The summed E-state index contributed by atoms with van der Waals surface area (Å²) in [5.41, 5.74) is 7.01. The monoisotopic (exact) mass is 264 g/mol. The molecule has 0 spiro atoms. The van der Waals surface area contributed by atoms with Crippen LogP contribution in [0.5, 0.6) is 0 Å². The lowest BCUT2D eigenvalue weighted by Gasteiger charge is -2.37. The van der Waals surface area contributed by atoms with E-state index in [9.17, 15) is 5.11 Å². The average molecular weight is 264 g/mol. The summed E-state index contributed by atoms with van der Waals surface area (Å²) in [5.74, 6) is -0.0183. The largest absolute Gasteiger partial charge is 0.394 e. The van der Waals surface area contributed by atoms with Crippen LogP contribution >= 0.6 is 0 Å². The number of nitrogens with one attached hydrogen (secondary N) is 1. The minimum absolute atomic E-state index is 0.0183. The van der Waals surface area contributed by atoms with Crippen molar-refractivity contribution in [2.75, 3.05) is 19.8 Å². The second-order valence-electron chi connectivity index (χ2n) is 4.84. The molecule has 0 saturated carbocycles. The fourth-order valence-corrected chi connectivity index (χ4v) is 2.23. The second-order valence-corrected chi connectivity index (χ2v) is 4.84. The number of ether oxygens (including phenoxy) is 1. The first-order valence-corrected chi connectivity index (χ1v) is 6.36. The Kier molecular flexibility index (Phi) is 4.47. The molecule has 2 rings (SSSR count). The zero-order valence-corrected chi connectivity index (χ0v) is 11.0. The summed E-state index contributed by atoms with van der Waals surface area (Å²) in [6.45, 7) is 4.03. The van der Waals surface area contributed by atoms with Gasteiger partial charge in [0.15, 0.2) is 0 Å². The number of nitrogens with two attached hydrogens (primary N) is 1. The Morgan fingerprint density at radius 1 is 1.68 bits per heavy atom. The third-order valence-electron chi connectivity index (χ3n) is 3.36. The van der Waals surface area contributed by atoms with Gasteiger partial charge in [-0.2, -0.15) is 0 Å². The molecule has 2 unspecified atom stereocenters. The number of rotatable bonds is 4. The summed E-state index contributed by atoms with van der Waals surface area (Å²) in [4.78, 5) is 6.37. The molecule has 1 saturated heterocycles. The molecule has 19 heavy (non-hydrogen) atoms. The van der Waals surface area contributed by atoms with Crippen LogP contribution in [0, 0.1) is 5.41 Å². The van der Waals surface area contributed by atoms with Crippen LogP contribution in [-0.2, 0) is 11.3 Å². The number of nitrogen functional groups attached to an aromatic ring is 1. The Morgan fingerprint density at radius 3 is 3.16 bits per heavy atom. The summed E-state index contributed by atoms with van der Waals surface area (Å²) in [5, 5.41) is 16.7. The topological polar surface area (TPSA) is 95.5 Å².